The number of aromatic nitrogens is 2. The van der Waals surface area contributed by atoms with Crippen molar-refractivity contribution in [2.45, 2.75) is 38.0 Å². The van der Waals surface area contributed by atoms with E-state index >= 15 is 0 Å². The van der Waals surface area contributed by atoms with Crippen LogP contribution in [-0.4, -0.2) is 27.4 Å². The molecule has 0 saturated heterocycles. The average molecular weight is 356 g/mol. The summed E-state index contributed by atoms with van der Waals surface area (Å²) in [6.45, 7) is 0.388. The van der Waals surface area contributed by atoms with Gasteiger partial charge in [-0.05, 0) is 41.8 Å². The number of aliphatic hydroxyl groups excluding tert-OH is 1. The Morgan fingerprint density at radius 3 is 3.16 bits per heavy atom. The summed E-state index contributed by atoms with van der Waals surface area (Å²) in [4.78, 5) is 17.4. The number of benzene rings is 1. The number of nitrogens with zero attached hydrogens (tertiary/aromatic N) is 2. The Morgan fingerprint density at radius 2 is 2.24 bits per heavy atom. The molecule has 0 bridgehead atoms. The van der Waals surface area contributed by atoms with Crippen molar-refractivity contribution >= 4 is 21.6 Å². The molecule has 130 valence electrons. The quantitative estimate of drug-likeness (QED) is 0.763. The van der Waals surface area contributed by atoms with Crippen LogP contribution in [0.5, 0.6) is 0 Å². The van der Waals surface area contributed by atoms with Crippen LogP contribution in [0.15, 0.2) is 46.8 Å². The van der Waals surface area contributed by atoms with Crippen LogP contribution in [0, 0.1) is 0 Å². The van der Waals surface area contributed by atoms with Gasteiger partial charge in [0.2, 0.25) is 0 Å². The summed E-state index contributed by atoms with van der Waals surface area (Å²) in [5.74, 6) is 0. The van der Waals surface area contributed by atoms with Gasteiger partial charge < -0.3 is 9.84 Å². The molecule has 0 fully saturated rings. The molecule has 0 spiro atoms. The Labute approximate surface area is 149 Å². The van der Waals surface area contributed by atoms with E-state index in [1.165, 1.54) is 33.4 Å². The lowest BCUT2D eigenvalue weighted by molar-refractivity contribution is -0.0228. The van der Waals surface area contributed by atoms with Crippen molar-refractivity contribution in [1.29, 1.82) is 0 Å². The number of thiophene rings is 1. The molecule has 1 N–H and O–H groups in total. The summed E-state index contributed by atoms with van der Waals surface area (Å²) in [6, 6.07) is 10.1. The van der Waals surface area contributed by atoms with E-state index in [1.807, 2.05) is 11.4 Å². The van der Waals surface area contributed by atoms with Gasteiger partial charge in [0.25, 0.3) is 5.56 Å². The van der Waals surface area contributed by atoms with Gasteiger partial charge in [-0.3, -0.25) is 9.36 Å². The SMILES string of the molecule is O=c1c2ccsc2ncn1C[C@H](O)CO[C@H]1CCCc2ccccc21. The van der Waals surface area contributed by atoms with Crippen molar-refractivity contribution in [1.82, 2.24) is 9.55 Å². The highest BCUT2D eigenvalue weighted by Crippen LogP contribution is 2.32. The number of ether oxygens (including phenoxy) is 1. The van der Waals surface area contributed by atoms with Gasteiger partial charge >= 0.3 is 0 Å². The highest BCUT2D eigenvalue weighted by Gasteiger charge is 2.21. The number of aryl methyl sites for hydroxylation is 1. The van der Waals surface area contributed by atoms with Gasteiger partial charge in [-0.2, -0.15) is 0 Å². The number of fused-ring (bicyclic) bond motifs is 2. The predicted molar refractivity (Wildman–Crippen MR) is 98.0 cm³/mol. The lowest BCUT2D eigenvalue weighted by atomic mass is 9.89. The zero-order valence-electron chi connectivity index (χ0n) is 13.8. The van der Waals surface area contributed by atoms with E-state index in [4.69, 9.17) is 4.74 Å². The third-order valence-corrected chi connectivity index (χ3v) is 5.48. The average Bonchev–Trinajstić information content (AvgIpc) is 3.12. The molecule has 0 radical (unpaired) electrons. The molecule has 1 aliphatic carbocycles. The molecule has 0 saturated carbocycles. The van der Waals surface area contributed by atoms with E-state index in [-0.39, 0.29) is 24.8 Å². The van der Waals surface area contributed by atoms with Gasteiger partial charge in [0, 0.05) is 0 Å². The van der Waals surface area contributed by atoms with Gasteiger partial charge in [0.15, 0.2) is 0 Å². The smallest absolute Gasteiger partial charge is 0.262 e. The second-order valence-corrected chi connectivity index (χ2v) is 7.30. The molecule has 5 nitrogen and oxygen atoms in total. The second-order valence-electron chi connectivity index (χ2n) is 6.41. The molecule has 2 atom stereocenters. The molecule has 0 amide bonds. The Bertz CT molecular complexity index is 934. The molecule has 0 aliphatic heterocycles. The van der Waals surface area contributed by atoms with Crippen LogP contribution in [0.2, 0.25) is 0 Å². The van der Waals surface area contributed by atoms with Crippen molar-refractivity contribution in [2.75, 3.05) is 6.61 Å². The van der Waals surface area contributed by atoms with Gasteiger partial charge in [-0.1, -0.05) is 24.3 Å². The van der Waals surface area contributed by atoms with Crippen LogP contribution in [0.3, 0.4) is 0 Å². The van der Waals surface area contributed by atoms with Crippen molar-refractivity contribution < 1.29 is 9.84 Å². The third-order valence-electron chi connectivity index (χ3n) is 4.66. The van der Waals surface area contributed by atoms with Crippen LogP contribution < -0.4 is 5.56 Å². The Balaban J connectivity index is 1.42. The topological polar surface area (TPSA) is 64.4 Å². The predicted octanol–water partition coefficient (Wildman–Crippen LogP) is 2.91. The zero-order chi connectivity index (χ0) is 17.2. The van der Waals surface area contributed by atoms with Crippen molar-refractivity contribution in [3.63, 3.8) is 0 Å². The largest absolute Gasteiger partial charge is 0.389 e. The van der Waals surface area contributed by atoms with Crippen molar-refractivity contribution in [3.8, 4) is 0 Å². The first-order valence-corrected chi connectivity index (χ1v) is 9.40. The lowest BCUT2D eigenvalue weighted by Crippen LogP contribution is -2.30. The fourth-order valence-electron chi connectivity index (χ4n) is 3.41. The van der Waals surface area contributed by atoms with E-state index in [1.54, 1.807) is 6.07 Å². The number of hydrogen-bond acceptors (Lipinski definition) is 5. The molecule has 2 aromatic heterocycles. The highest BCUT2D eigenvalue weighted by molar-refractivity contribution is 7.16. The normalized spacial score (nSPS) is 18.2. The van der Waals surface area contributed by atoms with Crippen LogP contribution in [-0.2, 0) is 17.7 Å². The zero-order valence-corrected chi connectivity index (χ0v) is 14.6. The van der Waals surface area contributed by atoms with Crippen molar-refractivity contribution in [3.05, 3.63) is 63.5 Å². The molecule has 4 rings (SSSR count). The molecule has 1 aromatic carbocycles. The summed E-state index contributed by atoms with van der Waals surface area (Å²) in [5.41, 5.74) is 2.43. The van der Waals surface area contributed by atoms with Crippen LogP contribution in [0.25, 0.3) is 10.2 Å². The minimum Gasteiger partial charge on any atom is -0.389 e. The lowest BCUT2D eigenvalue weighted by Gasteiger charge is -2.26. The molecular formula is C19H20N2O3S. The summed E-state index contributed by atoms with van der Waals surface area (Å²) in [7, 11) is 0. The second kappa shape index (κ2) is 7.07. The molecule has 25 heavy (non-hydrogen) atoms. The van der Waals surface area contributed by atoms with E-state index in [0.29, 0.717) is 5.39 Å². The summed E-state index contributed by atoms with van der Waals surface area (Å²) >= 11 is 1.44. The van der Waals surface area contributed by atoms with Crippen LogP contribution >= 0.6 is 11.3 Å². The Hall–Kier alpha value is -2.02. The maximum atomic E-state index is 12.4. The number of rotatable bonds is 5. The van der Waals surface area contributed by atoms with E-state index < -0.39 is 6.10 Å². The van der Waals surface area contributed by atoms with Gasteiger partial charge in [0.05, 0.1) is 37.1 Å². The first-order chi connectivity index (χ1) is 12.2. The van der Waals surface area contributed by atoms with Crippen LogP contribution in [0.4, 0.5) is 0 Å². The monoisotopic (exact) mass is 356 g/mol. The highest BCUT2D eigenvalue weighted by atomic mass is 32.1. The molecule has 3 aromatic rings. The molecular weight excluding hydrogens is 336 g/mol. The number of hydrogen-bond donors (Lipinski definition) is 1. The Kier molecular flexibility index (Phi) is 4.65. The maximum absolute atomic E-state index is 12.4. The third kappa shape index (κ3) is 3.38. The van der Waals surface area contributed by atoms with Gasteiger partial charge in [-0.15, -0.1) is 11.3 Å². The summed E-state index contributed by atoms with van der Waals surface area (Å²) in [6.07, 6.45) is 3.92. The van der Waals surface area contributed by atoms with Gasteiger partial charge in [-0.25, -0.2) is 4.98 Å². The standard InChI is InChI=1S/C19H20N2O3S/c22-14(10-21-12-20-18-16(19(21)23)8-9-25-18)11-24-17-7-3-5-13-4-1-2-6-15(13)17/h1-2,4,6,8-9,12,14,17,22H,3,5,7,10-11H2/t14-,17-/m0/s1. The van der Waals surface area contributed by atoms with E-state index in [0.717, 1.165) is 24.1 Å². The molecule has 2 heterocycles. The van der Waals surface area contributed by atoms with E-state index in [9.17, 15) is 9.90 Å². The molecule has 0 unspecified atom stereocenters. The number of aliphatic hydroxyl groups is 1. The minimum atomic E-state index is -0.746. The molecule has 6 heteroatoms. The minimum absolute atomic E-state index is 0.0220. The van der Waals surface area contributed by atoms with Crippen molar-refractivity contribution in [2.24, 2.45) is 0 Å². The maximum Gasteiger partial charge on any atom is 0.262 e. The van der Waals surface area contributed by atoms with Crippen LogP contribution in [0.1, 0.15) is 30.1 Å². The summed E-state index contributed by atoms with van der Waals surface area (Å²) in [5, 5.41) is 12.8. The molecule has 1 aliphatic rings. The van der Waals surface area contributed by atoms with E-state index in [2.05, 4.69) is 23.2 Å². The summed E-state index contributed by atoms with van der Waals surface area (Å²) < 4.78 is 7.43. The first-order valence-electron chi connectivity index (χ1n) is 8.52. The fourth-order valence-corrected chi connectivity index (χ4v) is 4.14. The Morgan fingerprint density at radius 1 is 1.36 bits per heavy atom. The first kappa shape index (κ1) is 16.4. The fraction of sp³-hybridized carbons (Fsp3) is 0.368. The van der Waals surface area contributed by atoms with Gasteiger partial charge in [0.1, 0.15) is 4.83 Å².